The summed E-state index contributed by atoms with van der Waals surface area (Å²) in [5.41, 5.74) is -0.890. The molecule has 2 atom stereocenters. The van der Waals surface area contributed by atoms with Crippen LogP contribution in [0.4, 0.5) is 4.79 Å². The van der Waals surface area contributed by atoms with Crippen LogP contribution in [0.3, 0.4) is 0 Å². The van der Waals surface area contributed by atoms with Gasteiger partial charge in [-0.1, -0.05) is 20.8 Å². The van der Waals surface area contributed by atoms with Crippen LogP contribution in [-0.2, 0) is 18.3 Å². The van der Waals surface area contributed by atoms with Gasteiger partial charge in [-0.3, -0.25) is 14.4 Å². The second kappa shape index (κ2) is 6.60. The van der Waals surface area contributed by atoms with E-state index in [4.69, 9.17) is 13.8 Å². The summed E-state index contributed by atoms with van der Waals surface area (Å²) in [5, 5.41) is -0.967. The van der Waals surface area contributed by atoms with Crippen molar-refractivity contribution in [3.8, 4) is 0 Å². The number of rotatable bonds is 3. The van der Waals surface area contributed by atoms with Gasteiger partial charge >= 0.3 is 13.7 Å². The van der Waals surface area contributed by atoms with E-state index in [0.29, 0.717) is 0 Å². The van der Waals surface area contributed by atoms with E-state index < -0.39 is 24.6 Å². The van der Waals surface area contributed by atoms with E-state index in [-0.39, 0.29) is 18.1 Å². The Labute approximate surface area is 146 Å². The van der Waals surface area contributed by atoms with Gasteiger partial charge in [0.25, 0.3) is 0 Å². The van der Waals surface area contributed by atoms with Crippen molar-refractivity contribution in [3.05, 3.63) is 0 Å². The Balaban J connectivity index is 3.35. The second-order valence-corrected chi connectivity index (χ2v) is 11.2. The summed E-state index contributed by atoms with van der Waals surface area (Å²) in [6.45, 7) is 13.6. The number of nitrogens with zero attached hydrogens (tertiary/aromatic N) is 2. The van der Waals surface area contributed by atoms with Gasteiger partial charge in [0.2, 0.25) is 0 Å². The molecule has 24 heavy (non-hydrogen) atoms. The highest BCUT2D eigenvalue weighted by Crippen LogP contribution is 2.63. The summed E-state index contributed by atoms with van der Waals surface area (Å²) in [7, 11) is 1.12. The van der Waals surface area contributed by atoms with Crippen molar-refractivity contribution in [1.29, 1.82) is 0 Å². The number of hydrogen-bond acceptors (Lipinski definition) is 6. The molecule has 0 unspecified atom stereocenters. The monoisotopic (exact) mass is 364 g/mol. The lowest BCUT2D eigenvalue weighted by Gasteiger charge is -2.41. The molecule has 1 rings (SSSR count). The second-order valence-electron chi connectivity index (χ2n) is 8.54. The Hall–Kier alpha value is -0.620. The van der Waals surface area contributed by atoms with Crippen LogP contribution in [0.15, 0.2) is 0 Å². The first-order chi connectivity index (χ1) is 10.6. The number of amides is 1. The van der Waals surface area contributed by atoms with Gasteiger partial charge in [0.15, 0.2) is 0 Å². The zero-order valence-electron chi connectivity index (χ0n) is 16.7. The molecular formula is C16H33N2O5P. The van der Waals surface area contributed by atoms with Crippen LogP contribution in [0, 0.1) is 5.41 Å². The number of likely N-dealkylation sites (N-methyl/N-ethyl adjacent to an activating group) is 1. The Morgan fingerprint density at radius 1 is 1.12 bits per heavy atom. The number of ether oxygens (including phenoxy) is 1. The maximum Gasteiger partial charge on any atom is 0.411 e. The van der Waals surface area contributed by atoms with Gasteiger partial charge in [-0.15, -0.1) is 0 Å². The molecule has 1 fully saturated rings. The summed E-state index contributed by atoms with van der Waals surface area (Å²) in [6.07, 6.45) is -0.743. The van der Waals surface area contributed by atoms with Crippen molar-refractivity contribution >= 4 is 13.7 Å². The Kier molecular flexibility index (Phi) is 5.89. The highest BCUT2D eigenvalue weighted by atomic mass is 31.2. The third-order valence-electron chi connectivity index (χ3n) is 4.37. The molecule has 0 aromatic rings. The molecule has 0 radical (unpaired) electrons. The molecule has 0 aromatic carbocycles. The quantitative estimate of drug-likeness (QED) is 0.711. The van der Waals surface area contributed by atoms with Crippen LogP contribution >= 0.6 is 7.60 Å². The maximum absolute atomic E-state index is 13.1. The molecule has 1 aliphatic heterocycles. The average molecular weight is 364 g/mol. The lowest BCUT2D eigenvalue weighted by atomic mass is 9.91. The van der Waals surface area contributed by atoms with Gasteiger partial charge in [0, 0.05) is 14.2 Å². The topological polar surface area (TPSA) is 68.3 Å². The number of carbonyl (C=O) groups excluding carboxylic acids is 1. The maximum atomic E-state index is 13.1. The van der Waals surface area contributed by atoms with Crippen molar-refractivity contribution in [3.63, 3.8) is 0 Å². The number of hydrogen-bond donors (Lipinski definition) is 0. The highest BCUT2D eigenvalue weighted by molar-refractivity contribution is 7.55. The Morgan fingerprint density at radius 2 is 1.58 bits per heavy atom. The minimum Gasteiger partial charge on any atom is -0.444 e. The first kappa shape index (κ1) is 21.4. The van der Waals surface area contributed by atoms with Crippen LogP contribution in [-0.4, -0.2) is 60.8 Å². The molecule has 8 heteroatoms. The molecule has 142 valence electrons. The van der Waals surface area contributed by atoms with E-state index in [0.717, 1.165) is 0 Å². The normalized spacial score (nSPS) is 26.8. The van der Waals surface area contributed by atoms with Gasteiger partial charge in [-0.05, 0) is 40.2 Å². The summed E-state index contributed by atoms with van der Waals surface area (Å²) in [4.78, 5) is 16.3. The largest absolute Gasteiger partial charge is 0.444 e. The van der Waals surface area contributed by atoms with E-state index in [1.807, 2.05) is 53.5 Å². The summed E-state index contributed by atoms with van der Waals surface area (Å²) in [6, 6.07) is 0. The predicted octanol–water partition coefficient (Wildman–Crippen LogP) is 3.74. The van der Waals surface area contributed by atoms with Crippen LogP contribution in [0.25, 0.3) is 0 Å². The van der Waals surface area contributed by atoms with E-state index >= 15 is 0 Å². The van der Waals surface area contributed by atoms with Crippen LogP contribution in [0.1, 0.15) is 48.5 Å². The molecule has 1 amide bonds. The van der Waals surface area contributed by atoms with Crippen molar-refractivity contribution in [2.24, 2.45) is 5.41 Å². The fraction of sp³-hybridized carbons (Fsp3) is 0.938. The molecule has 1 heterocycles. The third kappa shape index (κ3) is 3.79. The van der Waals surface area contributed by atoms with Gasteiger partial charge in [0.1, 0.15) is 10.9 Å². The van der Waals surface area contributed by atoms with Crippen LogP contribution in [0.2, 0.25) is 0 Å². The SMILES string of the molecule is COP(=O)(OC)[C@]1(C)CN(C(=O)OC(C)(C)C)[C@@H](C(C)(C)C)N1C. The lowest BCUT2D eigenvalue weighted by Crippen LogP contribution is -2.51. The molecule has 0 N–H and O–H groups in total. The van der Waals surface area contributed by atoms with Crippen molar-refractivity contribution < 1.29 is 23.1 Å². The van der Waals surface area contributed by atoms with Gasteiger partial charge < -0.3 is 13.8 Å². The van der Waals surface area contributed by atoms with Crippen molar-refractivity contribution in [2.75, 3.05) is 27.8 Å². The summed E-state index contributed by atoms with van der Waals surface area (Å²) < 4.78 is 29.2. The van der Waals surface area contributed by atoms with Crippen LogP contribution < -0.4 is 0 Å². The first-order valence-corrected chi connectivity index (χ1v) is 9.61. The van der Waals surface area contributed by atoms with Crippen LogP contribution in [0.5, 0.6) is 0 Å². The molecular weight excluding hydrogens is 331 g/mol. The molecule has 7 nitrogen and oxygen atoms in total. The smallest absolute Gasteiger partial charge is 0.411 e. The zero-order valence-corrected chi connectivity index (χ0v) is 17.6. The van der Waals surface area contributed by atoms with E-state index in [1.165, 1.54) is 14.2 Å². The highest BCUT2D eigenvalue weighted by Gasteiger charge is 2.61. The molecule has 0 bridgehead atoms. The standard InChI is InChI=1S/C16H33N2O5P/c1-14(2,3)12-17(8)16(7,24(20,21-9)22-10)11-18(12)13(19)23-15(4,5)6/h12H,11H2,1-10H3/t12-,16+/m0/s1. The molecule has 0 aliphatic carbocycles. The average Bonchev–Trinajstić information content (AvgIpc) is 2.69. The summed E-state index contributed by atoms with van der Waals surface area (Å²) >= 11 is 0. The minimum atomic E-state index is -3.46. The van der Waals surface area contributed by atoms with E-state index in [2.05, 4.69) is 0 Å². The first-order valence-electron chi connectivity index (χ1n) is 8.07. The van der Waals surface area contributed by atoms with Crippen molar-refractivity contribution in [2.45, 2.75) is 65.5 Å². The minimum absolute atomic E-state index is 0.194. The Bertz CT molecular complexity index is 518. The third-order valence-corrected chi connectivity index (χ3v) is 6.96. The van der Waals surface area contributed by atoms with Gasteiger partial charge in [-0.2, -0.15) is 0 Å². The molecule has 1 aliphatic rings. The lowest BCUT2D eigenvalue weighted by molar-refractivity contribution is -0.00809. The van der Waals surface area contributed by atoms with E-state index in [9.17, 15) is 9.36 Å². The molecule has 0 spiro atoms. The molecule has 0 aromatic heterocycles. The zero-order chi connectivity index (χ0) is 19.1. The van der Waals surface area contributed by atoms with Gasteiger partial charge in [-0.25, -0.2) is 4.79 Å². The van der Waals surface area contributed by atoms with Gasteiger partial charge in [0.05, 0.1) is 12.7 Å². The van der Waals surface area contributed by atoms with Crippen molar-refractivity contribution in [1.82, 2.24) is 9.80 Å². The van der Waals surface area contributed by atoms with E-state index in [1.54, 1.807) is 11.8 Å². The predicted molar refractivity (Wildman–Crippen MR) is 94.0 cm³/mol. The fourth-order valence-corrected chi connectivity index (χ4v) is 5.03. The molecule has 0 saturated carbocycles. The molecule has 1 saturated heterocycles. The number of carbonyl (C=O) groups is 1. The Morgan fingerprint density at radius 3 is 1.92 bits per heavy atom. The summed E-state index contributed by atoms with van der Waals surface area (Å²) in [5.74, 6) is 0. The fourth-order valence-electron chi connectivity index (χ4n) is 3.27.